The van der Waals surface area contributed by atoms with E-state index in [-0.39, 0.29) is 42.5 Å². The Morgan fingerprint density at radius 2 is 1.46 bits per heavy atom. The van der Waals surface area contributed by atoms with Crippen LogP contribution in [0.3, 0.4) is 0 Å². The van der Waals surface area contributed by atoms with Gasteiger partial charge in [-0.3, -0.25) is 14.8 Å². The van der Waals surface area contributed by atoms with Crippen molar-refractivity contribution >= 4 is 16.6 Å². The second-order valence-electron chi connectivity index (χ2n) is 14.4. The second kappa shape index (κ2) is 16.5. The number of allylic oxidation sites excluding steroid dienone is 2. The summed E-state index contributed by atoms with van der Waals surface area (Å²) in [4.78, 5) is 21.8. The molecule has 0 fully saturated rings. The zero-order valence-electron chi connectivity index (χ0n) is 30.8. The van der Waals surface area contributed by atoms with Crippen molar-refractivity contribution in [2.45, 2.75) is 120 Å². The number of aliphatic hydroxyl groups is 1. The van der Waals surface area contributed by atoms with Crippen molar-refractivity contribution in [1.82, 2.24) is 9.97 Å². The van der Waals surface area contributed by atoms with Crippen LogP contribution in [0.4, 0.5) is 0 Å². The minimum Gasteiger partial charge on any atom is -0.512 e. The number of nitrogens with zero attached hydrogens (tertiary/aromatic N) is 2. The number of carbonyl (C=O) groups is 1. The van der Waals surface area contributed by atoms with Crippen LogP contribution in [-0.4, -0.2) is 20.9 Å². The van der Waals surface area contributed by atoms with Crippen molar-refractivity contribution in [3.05, 3.63) is 95.1 Å². The Morgan fingerprint density at radius 3 is 2.06 bits per heavy atom. The van der Waals surface area contributed by atoms with Crippen LogP contribution in [-0.2, 0) is 37.7 Å². The average Bonchev–Trinajstić information content (AvgIpc) is 3.09. The third kappa shape index (κ3) is 8.35. The van der Waals surface area contributed by atoms with Gasteiger partial charge in [-0.1, -0.05) is 104 Å². The molecule has 0 saturated carbocycles. The second-order valence-corrected chi connectivity index (χ2v) is 14.4. The molecule has 0 bridgehead atoms. The number of aliphatic hydroxyl groups excluding tert-OH is 1. The van der Waals surface area contributed by atoms with Crippen LogP contribution >= 0.6 is 0 Å². The first-order valence-corrected chi connectivity index (χ1v) is 17.7. The van der Waals surface area contributed by atoms with E-state index in [1.807, 2.05) is 41.5 Å². The van der Waals surface area contributed by atoms with Gasteiger partial charge in [0.15, 0.2) is 5.78 Å². The predicted molar refractivity (Wildman–Crippen MR) is 198 cm³/mol. The third-order valence-corrected chi connectivity index (χ3v) is 10.9. The Hall–Kier alpha value is -3.14. The Kier molecular flexibility index (Phi) is 13.5. The standard InChI is InChI=1S/C28H27N2.C15H28O2.Ir/c1-17(2)24-12-22(11-19-7-5-6-8-23(19)24)28-14-25-21(15-29-28)10-9-20-13-27(18(3)4)30-16-26(20)25;1-7-14(5,8-2)12(16)11-13(17)15(6,9-3)10-4;/h5-8,12-18H,9-10H2,1-4H3;11,16H,7-10H2,1-6H3;/q-1;;/b;12-11-;. The van der Waals surface area contributed by atoms with Crippen molar-refractivity contribution in [3.8, 4) is 22.4 Å². The molecule has 5 heteroatoms. The van der Waals surface area contributed by atoms with Crippen molar-refractivity contribution in [2.24, 2.45) is 10.8 Å². The number of ketones is 1. The summed E-state index contributed by atoms with van der Waals surface area (Å²) in [7, 11) is 0. The van der Waals surface area contributed by atoms with E-state index in [0.717, 1.165) is 55.2 Å². The van der Waals surface area contributed by atoms with Gasteiger partial charge in [-0.2, -0.15) is 0 Å². The summed E-state index contributed by atoms with van der Waals surface area (Å²) in [5, 5.41) is 12.6. The summed E-state index contributed by atoms with van der Waals surface area (Å²) >= 11 is 0. The van der Waals surface area contributed by atoms with Gasteiger partial charge in [0, 0.05) is 66.4 Å². The average molecular weight is 824 g/mol. The number of fused-ring (bicyclic) bond motifs is 4. The molecule has 0 unspecified atom stereocenters. The smallest absolute Gasteiger partial charge is 0.164 e. The molecule has 0 saturated heterocycles. The van der Waals surface area contributed by atoms with Crippen molar-refractivity contribution < 1.29 is 30.0 Å². The summed E-state index contributed by atoms with van der Waals surface area (Å²) in [6.45, 7) is 21.0. The number of pyridine rings is 2. The number of aryl methyl sites for hydroxylation is 2. The molecule has 5 rings (SSSR count). The molecule has 4 nitrogen and oxygen atoms in total. The first-order valence-electron chi connectivity index (χ1n) is 17.7. The number of rotatable bonds is 10. The van der Waals surface area contributed by atoms with Gasteiger partial charge in [-0.25, -0.2) is 0 Å². The van der Waals surface area contributed by atoms with Gasteiger partial charge >= 0.3 is 0 Å². The van der Waals surface area contributed by atoms with E-state index < -0.39 is 0 Å². The SMILES string of the molecule is CC(C)c1cc2c(cn1)-c1cc(-c3[c-]c4ccccc4c(C(C)C)c3)ncc1CC2.CCC(C)(CC)C(=O)/C=C(\O)C(C)(CC)CC.[Ir]. The topological polar surface area (TPSA) is 63.1 Å². The first-order chi connectivity index (χ1) is 22.3. The largest absolute Gasteiger partial charge is 0.512 e. The summed E-state index contributed by atoms with van der Waals surface area (Å²) in [6.07, 6.45) is 11.0. The maximum absolute atomic E-state index is 12.2. The predicted octanol–water partition coefficient (Wildman–Crippen LogP) is 11.8. The number of hydrogen-bond donors (Lipinski definition) is 1. The Labute approximate surface area is 303 Å². The number of benzene rings is 2. The van der Waals surface area contributed by atoms with E-state index in [9.17, 15) is 9.90 Å². The van der Waals surface area contributed by atoms with Crippen LogP contribution < -0.4 is 0 Å². The molecule has 259 valence electrons. The van der Waals surface area contributed by atoms with Crippen LogP contribution in [0.15, 0.2) is 66.7 Å². The van der Waals surface area contributed by atoms with Crippen molar-refractivity contribution in [1.29, 1.82) is 0 Å². The Bertz CT molecular complexity index is 1750. The molecule has 1 aliphatic rings. The van der Waals surface area contributed by atoms with E-state index in [0.29, 0.717) is 11.8 Å². The van der Waals surface area contributed by atoms with Gasteiger partial charge in [0.1, 0.15) is 5.76 Å². The molecule has 1 radical (unpaired) electrons. The third-order valence-electron chi connectivity index (χ3n) is 10.9. The summed E-state index contributed by atoms with van der Waals surface area (Å²) in [5.74, 6) is 1.18. The van der Waals surface area contributed by atoms with Crippen molar-refractivity contribution in [2.75, 3.05) is 0 Å². The number of carbonyl (C=O) groups excluding carboxylic acids is 1. The molecule has 4 aromatic rings. The molecular formula is C43H55IrN2O2-. The van der Waals surface area contributed by atoms with Gasteiger partial charge in [0.2, 0.25) is 0 Å². The van der Waals surface area contributed by atoms with Crippen LogP contribution in [0, 0.1) is 16.9 Å². The maximum Gasteiger partial charge on any atom is 0.164 e. The number of hydrogen-bond acceptors (Lipinski definition) is 4. The molecule has 2 aromatic carbocycles. The van der Waals surface area contributed by atoms with Gasteiger partial charge in [0.25, 0.3) is 0 Å². The normalized spacial score (nSPS) is 13.0. The fourth-order valence-electron chi connectivity index (χ4n) is 6.19. The van der Waals surface area contributed by atoms with E-state index >= 15 is 0 Å². The summed E-state index contributed by atoms with van der Waals surface area (Å²) in [6, 6.07) is 19.0. The molecule has 0 spiro atoms. The summed E-state index contributed by atoms with van der Waals surface area (Å²) in [5.41, 5.74) is 9.23. The molecule has 0 atom stereocenters. The van der Waals surface area contributed by atoms with E-state index in [1.54, 1.807) is 0 Å². The number of aromatic nitrogens is 2. The zero-order valence-corrected chi connectivity index (χ0v) is 33.1. The Balaban J connectivity index is 0.000000301. The molecule has 1 aliphatic carbocycles. The Morgan fingerprint density at radius 1 is 0.833 bits per heavy atom. The molecule has 0 amide bonds. The van der Waals surface area contributed by atoms with Gasteiger partial charge in [0.05, 0.1) is 0 Å². The molecular weight excluding hydrogens is 769 g/mol. The van der Waals surface area contributed by atoms with Crippen LogP contribution in [0.25, 0.3) is 33.2 Å². The molecule has 0 aliphatic heterocycles. The zero-order chi connectivity index (χ0) is 34.5. The van der Waals surface area contributed by atoms with Crippen LogP contribution in [0.5, 0.6) is 0 Å². The first kappa shape index (κ1) is 39.3. The van der Waals surface area contributed by atoms with Gasteiger partial charge < -0.3 is 5.11 Å². The van der Waals surface area contributed by atoms with Gasteiger partial charge in [-0.05, 0) is 73.1 Å². The van der Waals surface area contributed by atoms with E-state index in [4.69, 9.17) is 9.97 Å². The molecule has 48 heavy (non-hydrogen) atoms. The van der Waals surface area contributed by atoms with E-state index in [1.165, 1.54) is 45.0 Å². The van der Waals surface area contributed by atoms with Crippen LogP contribution in [0.2, 0.25) is 0 Å². The van der Waals surface area contributed by atoms with Crippen LogP contribution in [0.1, 0.15) is 129 Å². The monoisotopic (exact) mass is 824 g/mol. The fraction of sp³-hybridized carbons (Fsp3) is 0.465. The van der Waals surface area contributed by atoms with E-state index in [2.05, 4.69) is 88.6 Å². The molecule has 1 N–H and O–H groups in total. The van der Waals surface area contributed by atoms with Gasteiger partial charge in [-0.15, -0.1) is 29.1 Å². The van der Waals surface area contributed by atoms with Crippen molar-refractivity contribution in [3.63, 3.8) is 0 Å². The minimum absolute atomic E-state index is 0. The molecule has 2 heterocycles. The fourth-order valence-corrected chi connectivity index (χ4v) is 6.19. The summed E-state index contributed by atoms with van der Waals surface area (Å²) < 4.78 is 0. The maximum atomic E-state index is 12.2. The molecule has 2 aromatic heterocycles. The quantitative estimate of drug-likeness (QED) is 0.0983. The minimum atomic E-state index is -0.337.